The fourth-order valence-electron chi connectivity index (χ4n) is 6.53. The second kappa shape index (κ2) is 13.8. The van der Waals surface area contributed by atoms with Gasteiger partial charge in [0.25, 0.3) is 0 Å². The van der Waals surface area contributed by atoms with Crippen LogP contribution >= 0.6 is 0 Å². The summed E-state index contributed by atoms with van der Waals surface area (Å²) in [6.45, 7) is 0.403. The molecule has 1 N–H and O–H groups in total. The summed E-state index contributed by atoms with van der Waals surface area (Å²) in [4.78, 5) is 15.7. The lowest BCUT2D eigenvalue weighted by molar-refractivity contribution is -0.133. The summed E-state index contributed by atoms with van der Waals surface area (Å²) in [6, 6.07) is 26.4. The maximum Gasteiger partial charge on any atom is 0.243 e. The van der Waals surface area contributed by atoms with Crippen molar-refractivity contribution in [3.8, 4) is 5.75 Å². The van der Waals surface area contributed by atoms with Crippen LogP contribution in [0.2, 0.25) is 0 Å². The van der Waals surface area contributed by atoms with E-state index in [2.05, 4.69) is 12.1 Å². The number of carbonyl (C=O) groups excluding carboxylic acids is 1. The fourth-order valence-corrected chi connectivity index (χ4v) is 8.08. The maximum atomic E-state index is 13.8. The summed E-state index contributed by atoms with van der Waals surface area (Å²) in [5.74, 6) is 0.697. The maximum absolute atomic E-state index is 13.8. The molecule has 1 heterocycles. The zero-order chi connectivity index (χ0) is 29.5. The van der Waals surface area contributed by atoms with E-state index in [0.717, 1.165) is 36.8 Å². The van der Waals surface area contributed by atoms with Crippen LogP contribution in [-0.4, -0.2) is 67.5 Å². The number of sulfonamides is 1. The lowest BCUT2D eigenvalue weighted by Gasteiger charge is -2.31. The summed E-state index contributed by atoms with van der Waals surface area (Å²) in [6.07, 6.45) is 5.18. The fraction of sp³-hybridized carbons (Fsp3) is 0.441. The summed E-state index contributed by atoms with van der Waals surface area (Å²) >= 11 is 0. The smallest absolute Gasteiger partial charge is 0.243 e. The van der Waals surface area contributed by atoms with E-state index in [1.165, 1.54) is 4.31 Å². The Hall–Kier alpha value is -3.20. The van der Waals surface area contributed by atoms with Crippen molar-refractivity contribution in [3.05, 3.63) is 96.1 Å². The molecule has 0 aromatic heterocycles. The van der Waals surface area contributed by atoms with E-state index < -0.39 is 16.1 Å². The van der Waals surface area contributed by atoms with E-state index in [-0.39, 0.29) is 41.8 Å². The van der Waals surface area contributed by atoms with Crippen LogP contribution in [0.25, 0.3) is 0 Å². The first-order valence-electron chi connectivity index (χ1n) is 15.0. The molecule has 2 unspecified atom stereocenters. The van der Waals surface area contributed by atoms with Gasteiger partial charge in [0.15, 0.2) is 0 Å². The van der Waals surface area contributed by atoms with Crippen LogP contribution in [0.3, 0.4) is 0 Å². The Balaban J connectivity index is 1.34. The van der Waals surface area contributed by atoms with Gasteiger partial charge in [0, 0.05) is 31.6 Å². The summed E-state index contributed by atoms with van der Waals surface area (Å²) < 4.78 is 34.3. The van der Waals surface area contributed by atoms with E-state index in [4.69, 9.17) is 4.74 Å². The molecule has 1 saturated heterocycles. The first-order chi connectivity index (χ1) is 20.3. The van der Waals surface area contributed by atoms with Gasteiger partial charge in [-0.1, -0.05) is 73.5 Å². The first kappa shape index (κ1) is 30.3. The number of benzene rings is 3. The molecule has 7 nitrogen and oxygen atoms in total. The first-order valence-corrected chi connectivity index (χ1v) is 16.5. The van der Waals surface area contributed by atoms with Gasteiger partial charge in [-0.25, -0.2) is 8.42 Å². The number of aliphatic hydroxyl groups is 1. The van der Waals surface area contributed by atoms with Crippen LogP contribution in [-0.2, 0) is 27.7 Å². The Labute approximate surface area is 250 Å². The predicted molar refractivity (Wildman–Crippen MR) is 164 cm³/mol. The number of hydrogen-bond acceptors (Lipinski definition) is 5. The molecule has 1 amide bonds. The number of ether oxygens (including phenoxy) is 1. The van der Waals surface area contributed by atoms with Crippen LogP contribution in [0.5, 0.6) is 5.75 Å². The molecule has 1 aliphatic carbocycles. The Bertz CT molecular complexity index is 1390. The molecule has 3 atom stereocenters. The lowest BCUT2D eigenvalue weighted by Crippen LogP contribution is -2.47. The third kappa shape index (κ3) is 7.41. The van der Waals surface area contributed by atoms with E-state index in [1.807, 2.05) is 48.5 Å². The molecule has 8 heteroatoms. The van der Waals surface area contributed by atoms with Crippen molar-refractivity contribution < 1.29 is 23.1 Å². The predicted octanol–water partition coefficient (Wildman–Crippen LogP) is 4.94. The highest BCUT2D eigenvalue weighted by Crippen LogP contribution is 2.32. The van der Waals surface area contributed by atoms with Gasteiger partial charge in [0.1, 0.15) is 5.75 Å². The molecule has 2 aliphatic rings. The largest absolute Gasteiger partial charge is 0.497 e. The van der Waals surface area contributed by atoms with Gasteiger partial charge < -0.3 is 14.7 Å². The second-order valence-corrected chi connectivity index (χ2v) is 13.7. The van der Waals surface area contributed by atoms with Crippen LogP contribution in [0, 0.1) is 11.8 Å². The molecule has 2 fully saturated rings. The van der Waals surface area contributed by atoms with Crippen LogP contribution in [0.15, 0.2) is 89.8 Å². The third-order valence-electron chi connectivity index (χ3n) is 8.72. The highest BCUT2D eigenvalue weighted by molar-refractivity contribution is 7.89. The van der Waals surface area contributed by atoms with Gasteiger partial charge in [-0.2, -0.15) is 4.31 Å². The quantitative estimate of drug-likeness (QED) is 0.305. The SMILES string of the molecule is COc1ccc(S(=O)(=O)N(CC(O)CN2C(=O)C(Cc3ccccc3)C[C@@H]2Cc2ccccc2)CC2CCCC2)cc1. The van der Waals surface area contributed by atoms with Crippen molar-refractivity contribution >= 4 is 15.9 Å². The molecule has 0 spiro atoms. The summed E-state index contributed by atoms with van der Waals surface area (Å²) in [7, 11) is -2.31. The molecule has 1 saturated carbocycles. The van der Waals surface area contributed by atoms with Crippen LogP contribution < -0.4 is 4.74 Å². The molecule has 0 bridgehead atoms. The second-order valence-electron chi connectivity index (χ2n) is 11.8. The van der Waals surface area contributed by atoms with E-state index in [1.54, 1.807) is 36.3 Å². The number of β-amino-alcohol motifs (C(OH)–C–C–N with tert-alkyl or cyclic N) is 1. The minimum absolute atomic E-state index is 0.0270. The monoisotopic (exact) mass is 590 g/mol. The number of rotatable bonds is 13. The molecule has 0 radical (unpaired) electrons. The summed E-state index contributed by atoms with van der Waals surface area (Å²) in [5.41, 5.74) is 2.25. The number of amides is 1. The number of hydrogen-bond donors (Lipinski definition) is 1. The topological polar surface area (TPSA) is 87.2 Å². The van der Waals surface area contributed by atoms with E-state index in [0.29, 0.717) is 31.6 Å². The molecule has 42 heavy (non-hydrogen) atoms. The molecule has 5 rings (SSSR count). The van der Waals surface area contributed by atoms with E-state index in [9.17, 15) is 18.3 Å². The summed E-state index contributed by atoms with van der Waals surface area (Å²) in [5, 5.41) is 11.4. The Morgan fingerprint density at radius 3 is 2.10 bits per heavy atom. The van der Waals surface area contributed by atoms with Gasteiger partial charge in [0.05, 0.1) is 18.1 Å². The average Bonchev–Trinajstić information content (AvgIpc) is 3.62. The van der Waals surface area contributed by atoms with Crippen molar-refractivity contribution in [2.75, 3.05) is 26.7 Å². The van der Waals surface area contributed by atoms with Gasteiger partial charge >= 0.3 is 0 Å². The zero-order valence-corrected chi connectivity index (χ0v) is 25.2. The Morgan fingerprint density at radius 1 is 0.905 bits per heavy atom. The van der Waals surface area contributed by atoms with Crippen molar-refractivity contribution in [2.24, 2.45) is 11.8 Å². The van der Waals surface area contributed by atoms with Gasteiger partial charge in [0.2, 0.25) is 15.9 Å². The van der Waals surface area contributed by atoms with Gasteiger partial charge in [-0.3, -0.25) is 4.79 Å². The van der Waals surface area contributed by atoms with Crippen LogP contribution in [0.4, 0.5) is 0 Å². The lowest BCUT2D eigenvalue weighted by atomic mass is 9.94. The third-order valence-corrected chi connectivity index (χ3v) is 10.6. The molecular formula is C34H42N2O5S. The normalized spacial score (nSPS) is 20.4. The number of nitrogens with zero attached hydrogens (tertiary/aromatic N) is 2. The standard InChI is InChI=1S/C34H42N2O5S/c1-41-32-16-18-33(19-17-32)42(39,40)35(23-28-14-8-9-15-28)24-31(37)25-36-30(21-27-12-6-3-7-13-27)22-29(34(36)38)20-26-10-4-2-5-11-26/h2-7,10-13,16-19,28-31,37H,8-9,14-15,20-25H2,1H3/t29?,30-,31?/m0/s1. The van der Waals surface area contributed by atoms with Crippen molar-refractivity contribution in [3.63, 3.8) is 0 Å². The van der Waals surface area contributed by atoms with Crippen LogP contribution in [0.1, 0.15) is 43.2 Å². The number of carbonyl (C=O) groups is 1. The number of methoxy groups -OCH3 is 1. The minimum atomic E-state index is -3.85. The Morgan fingerprint density at radius 2 is 1.50 bits per heavy atom. The van der Waals surface area contributed by atoms with Crippen molar-refractivity contribution in [1.29, 1.82) is 0 Å². The van der Waals surface area contributed by atoms with Gasteiger partial charge in [-0.15, -0.1) is 0 Å². The highest BCUT2D eigenvalue weighted by atomic mass is 32.2. The molecule has 224 valence electrons. The van der Waals surface area contributed by atoms with Crippen molar-refractivity contribution in [1.82, 2.24) is 9.21 Å². The van der Waals surface area contributed by atoms with Gasteiger partial charge in [-0.05, 0) is 73.4 Å². The van der Waals surface area contributed by atoms with E-state index >= 15 is 0 Å². The number of likely N-dealkylation sites (tertiary alicyclic amines) is 1. The zero-order valence-electron chi connectivity index (χ0n) is 24.3. The highest BCUT2D eigenvalue weighted by Gasteiger charge is 2.41. The Kier molecular flexibility index (Phi) is 9.98. The molecular weight excluding hydrogens is 548 g/mol. The minimum Gasteiger partial charge on any atom is -0.497 e. The molecule has 3 aromatic carbocycles. The number of aliphatic hydroxyl groups excluding tert-OH is 1. The molecule has 1 aliphatic heterocycles. The molecule has 3 aromatic rings. The van der Waals surface area contributed by atoms with Crippen molar-refractivity contribution in [2.45, 2.75) is 62.0 Å². The average molecular weight is 591 g/mol.